The van der Waals surface area contributed by atoms with Crippen LogP contribution >= 0.6 is 11.8 Å². The number of rotatable bonds is 5. The molecule has 0 spiro atoms. The lowest BCUT2D eigenvalue weighted by atomic mass is 9.69. The number of hydrogen-bond acceptors (Lipinski definition) is 2. The molecule has 0 aromatic rings. The number of carboxylic acids is 1. The van der Waals surface area contributed by atoms with Crippen LogP contribution in [0.3, 0.4) is 0 Å². The molecule has 0 amide bonds. The molecular formula is C14H26O2S. The van der Waals surface area contributed by atoms with Gasteiger partial charge in [0.2, 0.25) is 0 Å². The van der Waals surface area contributed by atoms with E-state index in [1.54, 1.807) is 0 Å². The van der Waals surface area contributed by atoms with Gasteiger partial charge in [0.15, 0.2) is 0 Å². The highest BCUT2D eigenvalue weighted by atomic mass is 32.2. The fourth-order valence-electron chi connectivity index (χ4n) is 3.16. The van der Waals surface area contributed by atoms with Crippen LogP contribution in [0.5, 0.6) is 0 Å². The highest BCUT2D eigenvalue weighted by Crippen LogP contribution is 2.40. The summed E-state index contributed by atoms with van der Waals surface area (Å²) in [6.07, 6.45) is 6.45. The Morgan fingerprint density at radius 2 is 2.06 bits per heavy atom. The van der Waals surface area contributed by atoms with Crippen LogP contribution in [0.15, 0.2) is 0 Å². The van der Waals surface area contributed by atoms with E-state index in [-0.39, 0.29) is 5.92 Å². The van der Waals surface area contributed by atoms with Crippen LogP contribution in [0.4, 0.5) is 0 Å². The van der Waals surface area contributed by atoms with E-state index in [2.05, 4.69) is 27.0 Å². The molecule has 0 bridgehead atoms. The zero-order chi connectivity index (χ0) is 13.0. The van der Waals surface area contributed by atoms with Crippen molar-refractivity contribution >= 4 is 17.7 Å². The Bertz CT molecular complexity index is 255. The molecule has 3 heteroatoms. The first kappa shape index (κ1) is 14.9. The van der Waals surface area contributed by atoms with E-state index < -0.39 is 5.97 Å². The van der Waals surface area contributed by atoms with Gasteiger partial charge in [-0.05, 0) is 43.3 Å². The number of hydrogen-bond donors (Lipinski definition) is 1. The molecule has 5 atom stereocenters. The average Bonchev–Trinajstić information content (AvgIpc) is 2.28. The zero-order valence-electron chi connectivity index (χ0n) is 11.5. The Morgan fingerprint density at radius 1 is 1.41 bits per heavy atom. The molecule has 17 heavy (non-hydrogen) atoms. The fraction of sp³-hybridized carbons (Fsp3) is 0.929. The third-order valence-electron chi connectivity index (χ3n) is 4.32. The lowest BCUT2D eigenvalue weighted by Gasteiger charge is -2.36. The lowest BCUT2D eigenvalue weighted by molar-refractivity contribution is -0.146. The van der Waals surface area contributed by atoms with Gasteiger partial charge >= 0.3 is 5.97 Å². The minimum atomic E-state index is -0.579. The summed E-state index contributed by atoms with van der Waals surface area (Å²) in [5.74, 6) is 0.815. The Kier molecular flexibility index (Phi) is 5.84. The van der Waals surface area contributed by atoms with Gasteiger partial charge in [-0.1, -0.05) is 27.2 Å². The molecule has 1 aliphatic rings. The van der Waals surface area contributed by atoms with Gasteiger partial charge in [-0.3, -0.25) is 4.79 Å². The SMILES string of the molecule is CSC(C)CC(C)C1CCC(C)CC1C(=O)O. The molecule has 1 rings (SSSR count). The van der Waals surface area contributed by atoms with Crippen molar-refractivity contribution in [3.8, 4) is 0 Å². The van der Waals surface area contributed by atoms with Gasteiger partial charge < -0.3 is 5.11 Å². The molecule has 0 radical (unpaired) electrons. The molecule has 1 N–H and O–H groups in total. The molecule has 1 fully saturated rings. The maximum atomic E-state index is 11.4. The van der Waals surface area contributed by atoms with Crippen molar-refractivity contribution in [1.82, 2.24) is 0 Å². The second-order valence-corrected chi connectivity index (χ2v) is 7.06. The highest BCUT2D eigenvalue weighted by Gasteiger charge is 2.36. The summed E-state index contributed by atoms with van der Waals surface area (Å²) in [4.78, 5) is 11.4. The summed E-state index contributed by atoms with van der Waals surface area (Å²) in [5.41, 5.74) is 0. The van der Waals surface area contributed by atoms with Crippen LogP contribution in [0.25, 0.3) is 0 Å². The van der Waals surface area contributed by atoms with Crippen LogP contribution in [-0.4, -0.2) is 22.6 Å². The fourth-order valence-corrected chi connectivity index (χ4v) is 3.66. The lowest BCUT2D eigenvalue weighted by Crippen LogP contribution is -2.34. The molecule has 1 saturated carbocycles. The smallest absolute Gasteiger partial charge is 0.306 e. The molecule has 0 aromatic heterocycles. The maximum Gasteiger partial charge on any atom is 0.306 e. The minimum Gasteiger partial charge on any atom is -0.481 e. The van der Waals surface area contributed by atoms with Crippen LogP contribution in [0, 0.1) is 23.7 Å². The minimum absolute atomic E-state index is 0.109. The standard InChI is InChI=1S/C14H26O2S/c1-9-5-6-12(13(7-9)14(15)16)10(2)8-11(3)17-4/h9-13H,5-8H2,1-4H3,(H,15,16). The molecule has 2 nitrogen and oxygen atoms in total. The molecule has 0 aromatic carbocycles. The van der Waals surface area contributed by atoms with Gasteiger partial charge in [0.25, 0.3) is 0 Å². The molecule has 5 unspecified atom stereocenters. The highest BCUT2D eigenvalue weighted by molar-refractivity contribution is 7.99. The topological polar surface area (TPSA) is 37.3 Å². The van der Waals surface area contributed by atoms with Crippen LogP contribution in [0.1, 0.15) is 46.5 Å². The van der Waals surface area contributed by atoms with Crippen molar-refractivity contribution < 1.29 is 9.90 Å². The number of carbonyl (C=O) groups is 1. The normalized spacial score (nSPS) is 33.1. The third kappa shape index (κ3) is 4.20. The molecule has 0 aliphatic heterocycles. The molecule has 100 valence electrons. The Morgan fingerprint density at radius 3 is 2.59 bits per heavy atom. The van der Waals surface area contributed by atoms with E-state index in [4.69, 9.17) is 0 Å². The van der Waals surface area contributed by atoms with Crippen molar-refractivity contribution in [2.24, 2.45) is 23.7 Å². The van der Waals surface area contributed by atoms with Crippen LogP contribution in [0.2, 0.25) is 0 Å². The first-order chi connectivity index (χ1) is 7.95. The van der Waals surface area contributed by atoms with Gasteiger partial charge in [-0.15, -0.1) is 0 Å². The predicted molar refractivity (Wildman–Crippen MR) is 74.4 cm³/mol. The second-order valence-electron chi connectivity index (χ2n) is 5.79. The molecule has 0 heterocycles. The molecule has 0 saturated heterocycles. The number of thioether (sulfide) groups is 1. The average molecular weight is 258 g/mol. The summed E-state index contributed by atoms with van der Waals surface area (Å²) in [6, 6.07) is 0. The Labute approximate surface area is 110 Å². The van der Waals surface area contributed by atoms with Gasteiger partial charge in [0.05, 0.1) is 5.92 Å². The van der Waals surface area contributed by atoms with E-state index >= 15 is 0 Å². The van der Waals surface area contributed by atoms with E-state index in [1.165, 1.54) is 6.42 Å². The van der Waals surface area contributed by atoms with Crippen molar-refractivity contribution in [1.29, 1.82) is 0 Å². The first-order valence-electron chi connectivity index (χ1n) is 6.71. The largest absolute Gasteiger partial charge is 0.481 e. The summed E-state index contributed by atoms with van der Waals surface area (Å²) in [5, 5.41) is 10.00. The van der Waals surface area contributed by atoms with E-state index in [9.17, 15) is 9.90 Å². The second kappa shape index (κ2) is 6.67. The zero-order valence-corrected chi connectivity index (χ0v) is 12.3. The quantitative estimate of drug-likeness (QED) is 0.812. The first-order valence-corrected chi connectivity index (χ1v) is 8.00. The van der Waals surface area contributed by atoms with Crippen molar-refractivity contribution in [3.63, 3.8) is 0 Å². The number of carboxylic acid groups (broad SMARTS) is 1. The summed E-state index contributed by atoms with van der Waals surface area (Å²) < 4.78 is 0. The van der Waals surface area contributed by atoms with Gasteiger partial charge in [-0.2, -0.15) is 11.8 Å². The molecular weight excluding hydrogens is 232 g/mol. The van der Waals surface area contributed by atoms with E-state index in [0.29, 0.717) is 23.0 Å². The monoisotopic (exact) mass is 258 g/mol. The number of aliphatic carboxylic acids is 1. The third-order valence-corrected chi connectivity index (χ3v) is 5.32. The van der Waals surface area contributed by atoms with Gasteiger partial charge in [-0.25, -0.2) is 0 Å². The predicted octanol–water partition coefficient (Wildman–Crippen LogP) is 3.90. The van der Waals surface area contributed by atoms with Gasteiger partial charge in [0.1, 0.15) is 0 Å². The van der Waals surface area contributed by atoms with E-state index in [1.807, 2.05) is 11.8 Å². The van der Waals surface area contributed by atoms with Gasteiger partial charge in [0, 0.05) is 5.25 Å². The van der Waals surface area contributed by atoms with Crippen molar-refractivity contribution in [2.45, 2.75) is 51.7 Å². The molecule has 1 aliphatic carbocycles. The van der Waals surface area contributed by atoms with Crippen LogP contribution < -0.4 is 0 Å². The summed E-state index contributed by atoms with van der Waals surface area (Å²) >= 11 is 1.88. The Balaban J connectivity index is 2.62. The summed E-state index contributed by atoms with van der Waals surface area (Å²) in [7, 11) is 0. The maximum absolute atomic E-state index is 11.4. The Hall–Kier alpha value is -0.180. The summed E-state index contributed by atoms with van der Waals surface area (Å²) in [6.45, 7) is 6.66. The van der Waals surface area contributed by atoms with E-state index in [0.717, 1.165) is 19.3 Å². The van der Waals surface area contributed by atoms with Crippen molar-refractivity contribution in [3.05, 3.63) is 0 Å². The van der Waals surface area contributed by atoms with Crippen LogP contribution in [-0.2, 0) is 4.79 Å². The van der Waals surface area contributed by atoms with Crippen molar-refractivity contribution in [2.75, 3.05) is 6.26 Å².